The largest absolute Gasteiger partial charge is 0.333 e. The van der Waals surface area contributed by atoms with Gasteiger partial charge in [-0.1, -0.05) is 18.2 Å². The van der Waals surface area contributed by atoms with E-state index in [1.165, 1.54) is 5.56 Å². The van der Waals surface area contributed by atoms with E-state index in [4.69, 9.17) is 0 Å². The van der Waals surface area contributed by atoms with Crippen LogP contribution in [0.4, 0.5) is 4.11 Å². The van der Waals surface area contributed by atoms with Gasteiger partial charge in [0, 0.05) is 0 Å². The molecule has 0 nitrogen and oxygen atoms in total. The van der Waals surface area contributed by atoms with Crippen LogP contribution in [0.2, 0.25) is 0 Å². The average molecular weight is 152 g/mol. The molecule has 0 N–H and O–H groups in total. The lowest BCUT2D eigenvalue weighted by Gasteiger charge is -2.01. The predicted octanol–water partition coefficient (Wildman–Crippen LogP) is 1.52. The van der Waals surface area contributed by atoms with Gasteiger partial charge in [-0.3, -0.25) is 0 Å². The van der Waals surface area contributed by atoms with Crippen molar-refractivity contribution >= 4 is 15.0 Å². The maximum Gasteiger partial charge on any atom is 0.333 e. The first-order chi connectivity index (χ1) is 4.75. The van der Waals surface area contributed by atoms with Crippen molar-refractivity contribution in [1.29, 1.82) is 0 Å². The van der Waals surface area contributed by atoms with Crippen LogP contribution < -0.4 is 5.19 Å². The zero-order valence-electron chi connectivity index (χ0n) is 6.11. The Bertz CT molecular complexity index is 233. The van der Waals surface area contributed by atoms with E-state index >= 15 is 0 Å². The van der Waals surface area contributed by atoms with E-state index in [9.17, 15) is 4.11 Å². The number of hydrogen-bond donors (Lipinski definition) is 0. The number of aryl methyl sites for hydroxylation is 1. The zero-order chi connectivity index (χ0) is 7.56. The summed E-state index contributed by atoms with van der Waals surface area (Å²) in [7, 11) is -0.575. The second-order valence-corrected chi connectivity index (χ2v) is 3.07. The van der Waals surface area contributed by atoms with Crippen LogP contribution in [0.15, 0.2) is 18.2 Å². The first kappa shape index (κ1) is 7.47. The fraction of sp³-hybridized carbons (Fsp3) is 0.250. The van der Waals surface area contributed by atoms with Crippen molar-refractivity contribution in [1.82, 2.24) is 0 Å². The number of benzene rings is 1. The molecule has 0 aliphatic heterocycles. The molecular formula is C8H9FSi. The summed E-state index contributed by atoms with van der Waals surface area (Å²) in [5, 5.41) is 0.833. The Morgan fingerprint density at radius 3 is 2.50 bits per heavy atom. The van der Waals surface area contributed by atoms with Crippen molar-refractivity contribution in [3.05, 3.63) is 29.3 Å². The molecule has 1 rings (SSSR count). The summed E-state index contributed by atoms with van der Waals surface area (Å²) in [6.07, 6.45) is 0. The predicted molar refractivity (Wildman–Crippen MR) is 42.4 cm³/mol. The van der Waals surface area contributed by atoms with Gasteiger partial charge in [-0.15, -0.1) is 0 Å². The van der Waals surface area contributed by atoms with E-state index in [0.29, 0.717) is 0 Å². The molecule has 0 spiro atoms. The van der Waals surface area contributed by atoms with Gasteiger partial charge in [-0.05, 0) is 30.2 Å². The summed E-state index contributed by atoms with van der Waals surface area (Å²) >= 11 is 0. The highest BCUT2D eigenvalue weighted by atomic mass is 28.3. The minimum Gasteiger partial charge on any atom is -0.308 e. The van der Waals surface area contributed by atoms with Crippen LogP contribution in [-0.2, 0) is 0 Å². The smallest absolute Gasteiger partial charge is 0.308 e. The highest BCUT2D eigenvalue weighted by Crippen LogP contribution is 2.01. The van der Waals surface area contributed by atoms with Gasteiger partial charge in [0.15, 0.2) is 0 Å². The van der Waals surface area contributed by atoms with Crippen LogP contribution in [0.25, 0.3) is 0 Å². The molecule has 0 fully saturated rings. The third-order valence-electron chi connectivity index (χ3n) is 1.71. The van der Waals surface area contributed by atoms with E-state index in [2.05, 4.69) is 0 Å². The normalized spacial score (nSPS) is 9.90. The van der Waals surface area contributed by atoms with Gasteiger partial charge < -0.3 is 4.11 Å². The molecule has 1 aromatic carbocycles. The molecule has 0 saturated heterocycles. The monoisotopic (exact) mass is 152 g/mol. The van der Waals surface area contributed by atoms with Crippen LogP contribution in [-0.4, -0.2) is 9.85 Å². The summed E-state index contributed by atoms with van der Waals surface area (Å²) in [5.74, 6) is 0. The Kier molecular flexibility index (Phi) is 2.22. The topological polar surface area (TPSA) is 0 Å². The summed E-state index contributed by atoms with van der Waals surface area (Å²) in [6, 6.07) is 5.73. The van der Waals surface area contributed by atoms with Gasteiger partial charge in [0.1, 0.15) is 0 Å². The Morgan fingerprint density at radius 1 is 1.30 bits per heavy atom. The molecule has 10 heavy (non-hydrogen) atoms. The molecule has 0 aromatic heterocycles. The number of halogens is 1. The second kappa shape index (κ2) is 2.97. The molecule has 0 saturated carbocycles. The fourth-order valence-electron chi connectivity index (χ4n) is 0.853. The Labute approximate surface area is 63.1 Å². The molecule has 0 atom stereocenters. The number of rotatable bonds is 1. The number of hydrogen-bond acceptors (Lipinski definition) is 0. The first-order valence-electron chi connectivity index (χ1n) is 3.18. The highest BCUT2D eigenvalue weighted by Gasteiger charge is 1.99. The molecule has 0 aliphatic rings. The summed E-state index contributed by atoms with van der Waals surface area (Å²) in [5.41, 5.74) is 2.26. The SMILES string of the molecule is Cc1cccc([Si]F)c1C. The minimum absolute atomic E-state index is 0.575. The summed E-state index contributed by atoms with van der Waals surface area (Å²) < 4.78 is 12.2. The molecule has 52 valence electrons. The van der Waals surface area contributed by atoms with Crippen molar-refractivity contribution in [3.63, 3.8) is 0 Å². The Balaban J connectivity index is 3.14. The molecular weight excluding hydrogens is 143 g/mol. The maximum absolute atomic E-state index is 12.2. The average Bonchev–Trinajstić information content (AvgIpc) is 1.95. The van der Waals surface area contributed by atoms with Crippen LogP contribution >= 0.6 is 0 Å². The lowest BCUT2D eigenvalue weighted by molar-refractivity contribution is 0.884. The minimum atomic E-state index is -0.575. The van der Waals surface area contributed by atoms with Crippen molar-refractivity contribution in [2.75, 3.05) is 0 Å². The third kappa shape index (κ3) is 1.26. The molecule has 2 radical (unpaired) electrons. The van der Waals surface area contributed by atoms with Crippen LogP contribution in [0.3, 0.4) is 0 Å². The zero-order valence-corrected chi connectivity index (χ0v) is 7.11. The van der Waals surface area contributed by atoms with Crippen molar-refractivity contribution in [3.8, 4) is 0 Å². The van der Waals surface area contributed by atoms with E-state index in [0.717, 1.165) is 10.8 Å². The highest BCUT2D eigenvalue weighted by molar-refractivity contribution is 6.46. The van der Waals surface area contributed by atoms with Crippen molar-refractivity contribution in [2.45, 2.75) is 13.8 Å². The van der Waals surface area contributed by atoms with Gasteiger partial charge in [0.25, 0.3) is 0 Å². The summed E-state index contributed by atoms with van der Waals surface area (Å²) in [4.78, 5) is 0. The van der Waals surface area contributed by atoms with Gasteiger partial charge >= 0.3 is 9.85 Å². The molecule has 0 bridgehead atoms. The van der Waals surface area contributed by atoms with Crippen molar-refractivity contribution in [2.24, 2.45) is 0 Å². The van der Waals surface area contributed by atoms with E-state index in [-0.39, 0.29) is 0 Å². The van der Waals surface area contributed by atoms with Gasteiger partial charge in [-0.25, -0.2) is 0 Å². The molecule has 0 aliphatic carbocycles. The van der Waals surface area contributed by atoms with Gasteiger partial charge in [0.05, 0.1) is 0 Å². The second-order valence-electron chi connectivity index (χ2n) is 2.34. The van der Waals surface area contributed by atoms with E-state index in [1.807, 2.05) is 32.0 Å². The Hall–Kier alpha value is -0.633. The summed E-state index contributed by atoms with van der Waals surface area (Å²) in [6.45, 7) is 3.95. The molecule has 2 heteroatoms. The molecule has 0 heterocycles. The fourth-order valence-corrected chi connectivity index (χ4v) is 1.35. The van der Waals surface area contributed by atoms with Crippen LogP contribution in [0.1, 0.15) is 11.1 Å². The standard InChI is InChI=1S/C8H9FSi/c1-6-4-3-5-8(10-9)7(6)2/h3-5H,1-2H3. The lowest BCUT2D eigenvalue weighted by Crippen LogP contribution is -2.14. The van der Waals surface area contributed by atoms with E-state index < -0.39 is 9.85 Å². The van der Waals surface area contributed by atoms with Crippen molar-refractivity contribution < 1.29 is 4.11 Å². The molecule has 0 unspecified atom stereocenters. The van der Waals surface area contributed by atoms with Crippen LogP contribution in [0.5, 0.6) is 0 Å². The van der Waals surface area contributed by atoms with Gasteiger partial charge in [0.2, 0.25) is 0 Å². The van der Waals surface area contributed by atoms with Gasteiger partial charge in [-0.2, -0.15) is 0 Å². The molecule has 1 aromatic rings. The first-order valence-corrected chi connectivity index (χ1v) is 4.06. The quantitative estimate of drug-likeness (QED) is 0.423. The maximum atomic E-state index is 12.2. The van der Waals surface area contributed by atoms with Crippen LogP contribution in [0, 0.1) is 13.8 Å². The third-order valence-corrected chi connectivity index (χ3v) is 2.45. The molecule has 0 amide bonds. The lowest BCUT2D eigenvalue weighted by atomic mass is 10.1. The Morgan fingerprint density at radius 2 is 2.00 bits per heavy atom. The van der Waals surface area contributed by atoms with E-state index in [1.54, 1.807) is 0 Å².